The molecule has 0 radical (unpaired) electrons. The van der Waals surface area contributed by atoms with Crippen LogP contribution in [-0.4, -0.2) is 216 Å². The molecule has 352 valence electrons. The Morgan fingerprint density at radius 2 is 0.950 bits per heavy atom. The molecule has 14 nitrogen and oxygen atoms in total. The summed E-state index contributed by atoms with van der Waals surface area (Å²) in [5.74, 6) is -52.7. The largest absolute Gasteiger partial charge is 0.480 e. The summed E-state index contributed by atoms with van der Waals surface area (Å²) in [6, 6.07) is 0. The number of hydrogen-bond acceptors (Lipinski definition) is 10. The molecule has 3 unspecified atom stereocenters. The number of carboxylic acid groups (broad SMARTS) is 3. The Hall–Kier alpha value is -3.55. The van der Waals surface area contributed by atoms with E-state index in [9.17, 15) is 110 Å². The van der Waals surface area contributed by atoms with Gasteiger partial charge in [-0.25, -0.2) is 17.6 Å². The van der Waals surface area contributed by atoms with Crippen LogP contribution in [0.2, 0.25) is 0 Å². The molecule has 0 aromatic rings. The maximum Gasteiger partial charge on any atom is 0.460 e. The molecule has 1 saturated heterocycles. The Bertz CT molecular complexity index is 1420. The normalized spacial score (nSPS) is 19.2. The molecule has 0 spiro atoms. The SMILES string of the molecule is O=C(O)CN1CCN(CC(=O)O)CCN(C(F)C(O)CNC(=O)COCCC(F)(F)C(F)C(F)(F)C(F)(F)C(F)(F)C(F)(F)C(F)(F)C(F)(F)F)CCN(CC(=O)O)CC1. The third kappa shape index (κ3) is 13.7. The highest BCUT2D eigenvalue weighted by molar-refractivity contribution is 5.77. The zero-order valence-corrected chi connectivity index (χ0v) is 30.4. The summed E-state index contributed by atoms with van der Waals surface area (Å²) in [4.78, 5) is 51.0. The van der Waals surface area contributed by atoms with Crippen molar-refractivity contribution in [3.8, 4) is 0 Å². The first-order valence-electron chi connectivity index (χ1n) is 16.8. The van der Waals surface area contributed by atoms with Gasteiger partial charge in [0.2, 0.25) is 12.1 Å². The fourth-order valence-corrected chi connectivity index (χ4v) is 5.16. The highest BCUT2D eigenvalue weighted by Crippen LogP contribution is 2.61. The number of aliphatic carboxylic acids is 3. The van der Waals surface area contributed by atoms with Gasteiger partial charge in [-0.3, -0.25) is 38.8 Å². The minimum absolute atomic E-state index is 0.0246. The fraction of sp³-hybridized carbons (Fsp3) is 0.862. The molecule has 0 bridgehead atoms. The van der Waals surface area contributed by atoms with E-state index < -0.39 is 130 Å². The molecule has 60 heavy (non-hydrogen) atoms. The van der Waals surface area contributed by atoms with Crippen molar-refractivity contribution in [2.75, 3.05) is 91.8 Å². The first kappa shape index (κ1) is 54.5. The maximum absolute atomic E-state index is 15.5. The van der Waals surface area contributed by atoms with Crippen molar-refractivity contribution in [1.82, 2.24) is 24.9 Å². The Morgan fingerprint density at radius 1 is 0.583 bits per heavy atom. The van der Waals surface area contributed by atoms with Crippen LogP contribution in [0.5, 0.6) is 0 Å². The van der Waals surface area contributed by atoms with Gasteiger partial charge >= 0.3 is 53.7 Å². The molecule has 1 fully saturated rings. The molecule has 5 N–H and O–H groups in total. The molecular formula is C29H38F17N5O9. The summed E-state index contributed by atoms with van der Waals surface area (Å²) in [5.41, 5.74) is 0. The van der Waals surface area contributed by atoms with E-state index in [1.165, 1.54) is 14.7 Å². The number of aliphatic hydroxyl groups excluding tert-OH is 1. The maximum atomic E-state index is 15.5. The molecule has 0 aromatic heterocycles. The number of halogens is 17. The highest BCUT2D eigenvalue weighted by Gasteiger charge is 2.92. The van der Waals surface area contributed by atoms with Crippen molar-refractivity contribution in [1.29, 1.82) is 0 Å². The van der Waals surface area contributed by atoms with E-state index in [0.29, 0.717) is 0 Å². The zero-order chi connectivity index (χ0) is 46.9. The van der Waals surface area contributed by atoms with Gasteiger partial charge in [-0.15, -0.1) is 0 Å². The van der Waals surface area contributed by atoms with E-state index in [1.807, 2.05) is 0 Å². The minimum Gasteiger partial charge on any atom is -0.480 e. The molecule has 31 heteroatoms. The first-order valence-corrected chi connectivity index (χ1v) is 16.8. The molecule has 1 aliphatic rings. The number of alkyl halides is 17. The van der Waals surface area contributed by atoms with Crippen LogP contribution in [0.1, 0.15) is 6.42 Å². The third-order valence-electron chi connectivity index (χ3n) is 8.58. The van der Waals surface area contributed by atoms with E-state index >= 15 is 4.39 Å². The number of ether oxygens (including phenoxy) is 1. The summed E-state index contributed by atoms with van der Waals surface area (Å²) in [5, 5.41) is 39.9. The van der Waals surface area contributed by atoms with E-state index in [1.54, 1.807) is 5.32 Å². The average molecular weight is 924 g/mol. The van der Waals surface area contributed by atoms with Crippen LogP contribution in [0.3, 0.4) is 0 Å². The van der Waals surface area contributed by atoms with Gasteiger partial charge in [-0.2, -0.15) is 57.1 Å². The lowest BCUT2D eigenvalue weighted by molar-refractivity contribution is -0.446. The molecule has 0 aliphatic carbocycles. The number of carboxylic acids is 3. The van der Waals surface area contributed by atoms with Gasteiger partial charge in [-0.05, 0) is 0 Å². The van der Waals surface area contributed by atoms with Gasteiger partial charge in [0.25, 0.3) is 5.92 Å². The van der Waals surface area contributed by atoms with Gasteiger partial charge in [0, 0.05) is 65.3 Å². The number of nitrogens with zero attached hydrogens (tertiary/aromatic N) is 4. The summed E-state index contributed by atoms with van der Waals surface area (Å²) in [6.07, 6.45) is -21.0. The predicted octanol–water partition coefficient (Wildman–Crippen LogP) is 2.35. The Labute approximate surface area is 326 Å². The lowest BCUT2D eigenvalue weighted by Gasteiger charge is -2.41. The van der Waals surface area contributed by atoms with Gasteiger partial charge in [0.15, 0.2) is 6.30 Å². The van der Waals surface area contributed by atoms with Crippen molar-refractivity contribution >= 4 is 23.8 Å². The third-order valence-corrected chi connectivity index (χ3v) is 8.58. The van der Waals surface area contributed by atoms with Crippen LogP contribution in [-0.2, 0) is 23.9 Å². The monoisotopic (exact) mass is 923 g/mol. The van der Waals surface area contributed by atoms with Crippen LogP contribution >= 0.6 is 0 Å². The lowest BCUT2D eigenvalue weighted by Crippen LogP contribution is -2.72. The minimum atomic E-state index is -8.53. The van der Waals surface area contributed by atoms with Gasteiger partial charge in [-0.1, -0.05) is 0 Å². The summed E-state index contributed by atoms with van der Waals surface area (Å²) in [7, 11) is 0. The number of hydrogen-bond donors (Lipinski definition) is 5. The molecule has 3 atom stereocenters. The van der Waals surface area contributed by atoms with E-state index in [-0.39, 0.29) is 52.4 Å². The predicted molar refractivity (Wildman–Crippen MR) is 164 cm³/mol. The van der Waals surface area contributed by atoms with Crippen LogP contribution in [0.25, 0.3) is 0 Å². The molecule has 1 heterocycles. The van der Waals surface area contributed by atoms with Crippen molar-refractivity contribution in [3.05, 3.63) is 0 Å². The van der Waals surface area contributed by atoms with Crippen molar-refractivity contribution in [2.24, 2.45) is 0 Å². The standard InChI is InChI=1S/C29H38F17N5O9/c30-21(51-8-6-49(13-19(56)57)4-2-48(12-18(54)55)3-5-50(7-9-51)14-20(58)59)16(52)11-47-17(53)15-60-10-1-23(32,33)22(31)24(34,35)25(36,37)26(38,39)27(40,41)28(42,43)29(44,45)46/h16,21-22,52H,1-15H2,(H,47,53)(H,54,55)(H,56,57)(H,58,59). The number of carbonyl (C=O) groups is 4. The molecular weight excluding hydrogens is 885 g/mol. The van der Waals surface area contributed by atoms with Crippen molar-refractivity contribution < 1.29 is 119 Å². The quantitative estimate of drug-likeness (QED) is 0.0644. The van der Waals surface area contributed by atoms with Crippen LogP contribution in [0, 0.1) is 0 Å². The Morgan fingerprint density at radius 3 is 1.32 bits per heavy atom. The molecule has 1 aliphatic heterocycles. The number of amides is 1. The van der Waals surface area contributed by atoms with E-state index in [0.717, 1.165) is 4.90 Å². The summed E-state index contributed by atoms with van der Waals surface area (Å²) < 4.78 is 234. The van der Waals surface area contributed by atoms with Crippen molar-refractivity contribution in [2.45, 2.75) is 66.7 Å². The fourth-order valence-electron chi connectivity index (χ4n) is 5.16. The number of nitrogens with one attached hydrogen (secondary N) is 1. The van der Waals surface area contributed by atoms with Crippen LogP contribution in [0.15, 0.2) is 0 Å². The molecule has 0 saturated carbocycles. The Kier molecular flexibility index (Phi) is 19.1. The summed E-state index contributed by atoms with van der Waals surface area (Å²) in [6.45, 7) is -7.42. The second kappa shape index (κ2) is 21.0. The number of aliphatic hydroxyl groups is 1. The van der Waals surface area contributed by atoms with Gasteiger partial charge < -0.3 is 30.5 Å². The Balaban J connectivity index is 2.95. The second-order valence-corrected chi connectivity index (χ2v) is 13.1. The topological polar surface area (TPSA) is 183 Å². The van der Waals surface area contributed by atoms with Gasteiger partial charge in [0.1, 0.15) is 12.7 Å². The molecule has 1 amide bonds. The first-order chi connectivity index (χ1) is 27.1. The second-order valence-electron chi connectivity index (χ2n) is 13.1. The summed E-state index contributed by atoms with van der Waals surface area (Å²) >= 11 is 0. The molecule has 1 rings (SSSR count). The highest BCUT2D eigenvalue weighted by atomic mass is 19.4. The average Bonchev–Trinajstić information content (AvgIpc) is 3.10. The number of rotatable bonds is 21. The zero-order valence-electron chi connectivity index (χ0n) is 30.4. The van der Waals surface area contributed by atoms with Crippen LogP contribution < -0.4 is 5.32 Å². The number of carbonyl (C=O) groups excluding carboxylic acids is 1. The van der Waals surface area contributed by atoms with E-state index in [2.05, 4.69) is 4.74 Å². The van der Waals surface area contributed by atoms with Crippen LogP contribution in [0.4, 0.5) is 74.6 Å². The lowest BCUT2D eigenvalue weighted by atomic mass is 9.89. The molecule has 0 aromatic carbocycles. The van der Waals surface area contributed by atoms with E-state index in [4.69, 9.17) is 0 Å². The smallest absolute Gasteiger partial charge is 0.460 e. The van der Waals surface area contributed by atoms with Gasteiger partial charge in [0.05, 0.1) is 26.2 Å². The van der Waals surface area contributed by atoms with Crippen molar-refractivity contribution in [3.63, 3.8) is 0 Å².